The van der Waals surface area contributed by atoms with Gasteiger partial charge in [0.05, 0.1) is 0 Å². The Kier molecular flexibility index (Phi) is 3.76. The van der Waals surface area contributed by atoms with Gasteiger partial charge in [0, 0.05) is 0 Å². The van der Waals surface area contributed by atoms with E-state index in [2.05, 4.69) is 4.98 Å². The number of nitrogen functional groups attached to an aromatic ring is 1. The fraction of sp³-hybridized carbons (Fsp3) is 0.0833. The number of ether oxygens (including phenoxy) is 1. The van der Waals surface area contributed by atoms with E-state index in [9.17, 15) is 9.59 Å². The van der Waals surface area contributed by atoms with E-state index < -0.39 is 11.9 Å². The monoisotopic (exact) mass is 278 g/mol. The second kappa shape index (κ2) is 5.49. The fourth-order valence-electron chi connectivity index (χ4n) is 1.36. The molecule has 0 saturated heterocycles. The number of esters is 1. The molecule has 0 atom stereocenters. The molecule has 7 heteroatoms. The predicted molar refractivity (Wildman–Crippen MR) is 69.0 cm³/mol. The zero-order valence-electron chi connectivity index (χ0n) is 9.70. The van der Waals surface area contributed by atoms with Crippen molar-refractivity contribution in [3.63, 3.8) is 0 Å². The quantitative estimate of drug-likeness (QED) is 0.826. The maximum atomic E-state index is 11.7. The maximum absolute atomic E-state index is 11.7. The van der Waals surface area contributed by atoms with Crippen LogP contribution in [0.25, 0.3) is 0 Å². The lowest BCUT2D eigenvalue weighted by Crippen LogP contribution is -2.05. The van der Waals surface area contributed by atoms with Crippen molar-refractivity contribution in [3.8, 4) is 0 Å². The van der Waals surface area contributed by atoms with Gasteiger partial charge in [0.1, 0.15) is 12.4 Å². The van der Waals surface area contributed by atoms with Crippen LogP contribution >= 0.6 is 11.3 Å². The van der Waals surface area contributed by atoms with Crippen LogP contribution in [0.15, 0.2) is 30.3 Å². The number of carbonyl (C=O) groups is 2. The lowest BCUT2D eigenvalue weighted by atomic mass is 10.2. The number of carbonyl (C=O) groups excluding carboxylic acids is 1. The van der Waals surface area contributed by atoms with Gasteiger partial charge in [-0.05, 0) is 5.56 Å². The summed E-state index contributed by atoms with van der Waals surface area (Å²) in [5, 5.41) is 8.74. The molecule has 1 aromatic carbocycles. The highest BCUT2D eigenvalue weighted by atomic mass is 32.1. The largest absolute Gasteiger partial charge is 0.477 e. The first kappa shape index (κ1) is 13.0. The van der Waals surface area contributed by atoms with Crippen LogP contribution in [0, 0.1) is 0 Å². The average molecular weight is 278 g/mol. The molecule has 98 valence electrons. The van der Waals surface area contributed by atoms with Gasteiger partial charge in [-0.1, -0.05) is 41.7 Å². The summed E-state index contributed by atoms with van der Waals surface area (Å²) in [4.78, 5) is 26.0. The predicted octanol–water partition coefficient (Wildman–Crippen LogP) is 1.78. The minimum Gasteiger partial charge on any atom is -0.477 e. The van der Waals surface area contributed by atoms with Gasteiger partial charge in [0.25, 0.3) is 0 Å². The first-order chi connectivity index (χ1) is 9.08. The summed E-state index contributed by atoms with van der Waals surface area (Å²) >= 11 is 0.701. The van der Waals surface area contributed by atoms with Gasteiger partial charge in [0.2, 0.25) is 5.01 Å². The lowest BCUT2D eigenvalue weighted by Gasteiger charge is -2.01. The van der Waals surface area contributed by atoms with Gasteiger partial charge in [-0.15, -0.1) is 0 Å². The van der Waals surface area contributed by atoms with E-state index in [1.165, 1.54) is 0 Å². The van der Waals surface area contributed by atoms with Crippen molar-refractivity contribution in [3.05, 3.63) is 45.8 Å². The molecule has 0 spiro atoms. The van der Waals surface area contributed by atoms with Crippen molar-refractivity contribution in [1.29, 1.82) is 0 Å². The molecule has 0 fully saturated rings. The van der Waals surface area contributed by atoms with E-state index in [1.807, 2.05) is 30.3 Å². The highest BCUT2D eigenvalue weighted by molar-refractivity contribution is 7.15. The molecule has 1 heterocycles. The van der Waals surface area contributed by atoms with Crippen molar-refractivity contribution in [2.24, 2.45) is 0 Å². The highest BCUT2D eigenvalue weighted by Gasteiger charge is 2.20. The van der Waals surface area contributed by atoms with Crippen LogP contribution in [-0.2, 0) is 11.3 Å². The van der Waals surface area contributed by atoms with Gasteiger partial charge in [-0.3, -0.25) is 0 Å². The molecule has 0 bridgehead atoms. The van der Waals surface area contributed by atoms with Gasteiger partial charge < -0.3 is 15.6 Å². The zero-order chi connectivity index (χ0) is 13.8. The summed E-state index contributed by atoms with van der Waals surface area (Å²) in [6, 6.07) is 9.13. The molecule has 0 aliphatic carbocycles. The Hall–Kier alpha value is -2.41. The molecule has 0 saturated carbocycles. The number of thiazole rings is 1. The minimum absolute atomic E-state index is 0.0640. The number of aromatic carboxylic acids is 1. The Labute approximate surface area is 112 Å². The zero-order valence-corrected chi connectivity index (χ0v) is 10.5. The van der Waals surface area contributed by atoms with Crippen LogP contribution in [0.1, 0.15) is 25.0 Å². The molecule has 0 radical (unpaired) electrons. The van der Waals surface area contributed by atoms with Crippen LogP contribution in [0.2, 0.25) is 0 Å². The number of anilines is 1. The van der Waals surface area contributed by atoms with Crippen molar-refractivity contribution < 1.29 is 19.4 Å². The number of nitrogens with zero attached hydrogens (tertiary/aromatic N) is 1. The third kappa shape index (κ3) is 3.08. The topological polar surface area (TPSA) is 103 Å². The molecule has 0 aliphatic rings. The Bertz CT molecular complexity index is 609. The summed E-state index contributed by atoms with van der Waals surface area (Å²) in [6.45, 7) is 0.0988. The average Bonchev–Trinajstić information content (AvgIpc) is 2.79. The summed E-state index contributed by atoms with van der Waals surface area (Å²) in [5.41, 5.74) is 6.23. The maximum Gasteiger partial charge on any atom is 0.367 e. The molecule has 0 aliphatic heterocycles. The number of carboxylic acid groups (broad SMARTS) is 1. The lowest BCUT2D eigenvalue weighted by molar-refractivity contribution is 0.0472. The van der Waals surface area contributed by atoms with E-state index in [4.69, 9.17) is 15.6 Å². The van der Waals surface area contributed by atoms with Crippen molar-refractivity contribution in [2.75, 3.05) is 5.73 Å². The van der Waals surface area contributed by atoms with Crippen LogP contribution in [0.3, 0.4) is 0 Å². The van der Waals surface area contributed by atoms with E-state index in [0.29, 0.717) is 11.3 Å². The van der Waals surface area contributed by atoms with Crippen molar-refractivity contribution in [2.45, 2.75) is 6.61 Å². The Morgan fingerprint density at radius 3 is 2.58 bits per heavy atom. The van der Waals surface area contributed by atoms with Crippen LogP contribution in [0.5, 0.6) is 0 Å². The van der Waals surface area contributed by atoms with E-state index in [0.717, 1.165) is 5.56 Å². The molecule has 0 unspecified atom stereocenters. The number of benzene rings is 1. The van der Waals surface area contributed by atoms with Gasteiger partial charge in [-0.2, -0.15) is 0 Å². The van der Waals surface area contributed by atoms with Crippen LogP contribution < -0.4 is 5.73 Å². The number of hydrogen-bond acceptors (Lipinski definition) is 6. The van der Waals surface area contributed by atoms with Gasteiger partial charge in [-0.25, -0.2) is 14.6 Å². The van der Waals surface area contributed by atoms with Crippen molar-refractivity contribution in [1.82, 2.24) is 4.98 Å². The number of carboxylic acids is 1. The Balaban J connectivity index is 2.04. The SMILES string of the molecule is Nc1nc(C(=O)OCc2ccccc2)sc1C(=O)O. The molecular weight excluding hydrogens is 268 g/mol. The standard InChI is InChI=1S/C12H10N2O4S/c13-9-8(11(15)16)19-10(14-9)12(17)18-6-7-4-2-1-3-5-7/h1-5H,6,13H2,(H,15,16). The van der Waals surface area contributed by atoms with Crippen LogP contribution in [-0.4, -0.2) is 22.0 Å². The van der Waals surface area contributed by atoms with E-state index in [1.54, 1.807) is 0 Å². The number of rotatable bonds is 4. The molecule has 0 amide bonds. The second-order valence-electron chi connectivity index (χ2n) is 3.60. The third-order valence-corrected chi connectivity index (χ3v) is 3.27. The summed E-state index contributed by atoms with van der Waals surface area (Å²) in [7, 11) is 0. The first-order valence-electron chi connectivity index (χ1n) is 5.28. The Morgan fingerprint density at radius 1 is 1.32 bits per heavy atom. The third-order valence-electron chi connectivity index (χ3n) is 2.23. The van der Waals surface area contributed by atoms with E-state index >= 15 is 0 Å². The number of aromatic nitrogens is 1. The molecule has 3 N–H and O–H groups in total. The molecule has 2 rings (SSSR count). The van der Waals surface area contributed by atoms with Gasteiger partial charge in [0.15, 0.2) is 4.88 Å². The molecule has 19 heavy (non-hydrogen) atoms. The smallest absolute Gasteiger partial charge is 0.367 e. The highest BCUT2D eigenvalue weighted by Crippen LogP contribution is 2.21. The van der Waals surface area contributed by atoms with Crippen LogP contribution in [0.4, 0.5) is 5.82 Å². The van der Waals surface area contributed by atoms with Crippen molar-refractivity contribution >= 4 is 29.1 Å². The first-order valence-corrected chi connectivity index (χ1v) is 6.10. The van der Waals surface area contributed by atoms with Gasteiger partial charge >= 0.3 is 11.9 Å². The minimum atomic E-state index is -1.21. The molecule has 2 aromatic rings. The molecular formula is C12H10N2O4S. The second-order valence-corrected chi connectivity index (χ2v) is 4.60. The number of hydrogen-bond donors (Lipinski definition) is 2. The number of nitrogens with two attached hydrogens (primary N) is 1. The molecule has 6 nitrogen and oxygen atoms in total. The van der Waals surface area contributed by atoms with E-state index in [-0.39, 0.29) is 22.3 Å². The fourth-order valence-corrected chi connectivity index (χ4v) is 2.07. The normalized spacial score (nSPS) is 10.1. The Morgan fingerprint density at radius 2 is 2.00 bits per heavy atom. The summed E-state index contributed by atoms with van der Waals surface area (Å²) < 4.78 is 5.02. The summed E-state index contributed by atoms with van der Waals surface area (Å²) in [6.07, 6.45) is 0. The summed E-state index contributed by atoms with van der Waals surface area (Å²) in [5.74, 6) is -2.07. The molecule has 1 aromatic heterocycles.